The van der Waals surface area contributed by atoms with E-state index in [2.05, 4.69) is 5.32 Å². The molecule has 1 fully saturated rings. The molecule has 2 atom stereocenters. The molecule has 13 heavy (non-hydrogen) atoms. The molecule has 4 nitrogen and oxygen atoms in total. The van der Waals surface area contributed by atoms with E-state index < -0.39 is 0 Å². The Bertz CT molecular complexity index is 222. The summed E-state index contributed by atoms with van der Waals surface area (Å²) in [5.74, 6) is -0.177. The summed E-state index contributed by atoms with van der Waals surface area (Å²) in [4.78, 5) is 11.0. The normalized spacial score (nSPS) is 26.8. The van der Waals surface area contributed by atoms with Crippen LogP contribution in [0, 0.1) is 11.3 Å². The maximum atomic E-state index is 11.0. The first-order valence-electron chi connectivity index (χ1n) is 4.45. The Balaban J connectivity index is 2.24. The fraction of sp³-hybridized carbons (Fsp3) is 0.778. The molecule has 0 spiro atoms. The van der Waals surface area contributed by atoms with Crippen LogP contribution in [0.2, 0.25) is 0 Å². The molecule has 1 rings (SSSR count). The van der Waals surface area contributed by atoms with Crippen molar-refractivity contribution in [3.63, 3.8) is 0 Å². The molecule has 0 aromatic carbocycles. The molecule has 0 heterocycles. The third-order valence-electron chi connectivity index (χ3n) is 2.32. The molecule has 1 aliphatic rings. The van der Waals surface area contributed by atoms with Gasteiger partial charge in [-0.05, 0) is 19.3 Å². The van der Waals surface area contributed by atoms with Crippen LogP contribution in [0.5, 0.6) is 0 Å². The summed E-state index contributed by atoms with van der Waals surface area (Å²) in [6.45, 7) is 0. The first-order valence-corrected chi connectivity index (χ1v) is 4.45. The van der Waals surface area contributed by atoms with Gasteiger partial charge in [0, 0.05) is 13.2 Å². The van der Waals surface area contributed by atoms with Crippen LogP contribution < -0.4 is 5.32 Å². The lowest BCUT2D eigenvalue weighted by atomic mass is 10.2. The number of hydrogen-bond donors (Lipinski definition) is 1. The van der Waals surface area contributed by atoms with E-state index in [-0.39, 0.29) is 24.5 Å². The van der Waals surface area contributed by atoms with E-state index in [1.165, 1.54) is 0 Å². The largest absolute Gasteiger partial charge is 0.381 e. The van der Waals surface area contributed by atoms with E-state index in [1.54, 1.807) is 7.11 Å². The molecule has 2 unspecified atom stereocenters. The van der Waals surface area contributed by atoms with Crippen molar-refractivity contribution in [2.24, 2.45) is 0 Å². The second kappa shape index (κ2) is 4.83. The van der Waals surface area contributed by atoms with E-state index in [9.17, 15) is 4.79 Å². The molecule has 1 aliphatic carbocycles. The summed E-state index contributed by atoms with van der Waals surface area (Å²) in [6, 6.07) is 2.02. The highest BCUT2D eigenvalue weighted by Crippen LogP contribution is 2.21. The third-order valence-corrected chi connectivity index (χ3v) is 2.32. The molecule has 0 radical (unpaired) electrons. The van der Waals surface area contributed by atoms with Gasteiger partial charge in [-0.2, -0.15) is 5.26 Å². The zero-order valence-corrected chi connectivity index (χ0v) is 7.75. The minimum absolute atomic E-state index is 0.0475. The van der Waals surface area contributed by atoms with Gasteiger partial charge in [-0.3, -0.25) is 4.79 Å². The molecule has 0 aromatic heterocycles. The van der Waals surface area contributed by atoms with Crippen LogP contribution in [0.4, 0.5) is 0 Å². The van der Waals surface area contributed by atoms with Gasteiger partial charge in [0.25, 0.3) is 0 Å². The van der Waals surface area contributed by atoms with Gasteiger partial charge in [0.05, 0.1) is 12.2 Å². The highest BCUT2D eigenvalue weighted by Gasteiger charge is 2.25. The van der Waals surface area contributed by atoms with Crippen LogP contribution in [0.25, 0.3) is 0 Å². The van der Waals surface area contributed by atoms with Gasteiger partial charge in [-0.25, -0.2) is 0 Å². The number of carbonyl (C=O) groups is 1. The summed E-state index contributed by atoms with van der Waals surface area (Å²) in [5.41, 5.74) is 0. The number of nitriles is 1. The highest BCUT2D eigenvalue weighted by atomic mass is 16.5. The molecule has 0 aromatic rings. The van der Waals surface area contributed by atoms with Crippen molar-refractivity contribution in [3.8, 4) is 6.07 Å². The topological polar surface area (TPSA) is 62.1 Å². The van der Waals surface area contributed by atoms with Crippen LogP contribution in [-0.2, 0) is 9.53 Å². The molecule has 1 N–H and O–H groups in total. The third kappa shape index (κ3) is 3.03. The lowest BCUT2D eigenvalue weighted by molar-refractivity contribution is -0.120. The van der Waals surface area contributed by atoms with Gasteiger partial charge in [0.15, 0.2) is 0 Å². The average Bonchev–Trinajstić information content (AvgIpc) is 2.52. The molecule has 0 saturated heterocycles. The first-order chi connectivity index (χ1) is 6.26. The van der Waals surface area contributed by atoms with Gasteiger partial charge in [0.2, 0.25) is 5.91 Å². The Labute approximate surface area is 77.9 Å². The number of carbonyl (C=O) groups excluding carboxylic acids is 1. The number of nitrogens with one attached hydrogen (secondary N) is 1. The lowest BCUT2D eigenvalue weighted by Gasteiger charge is -2.11. The van der Waals surface area contributed by atoms with Gasteiger partial charge >= 0.3 is 0 Å². The fourth-order valence-corrected chi connectivity index (χ4v) is 1.64. The maximum absolute atomic E-state index is 11.0. The Morgan fingerprint density at radius 3 is 3.00 bits per heavy atom. The maximum Gasteiger partial charge on any atom is 0.234 e. The summed E-state index contributed by atoms with van der Waals surface area (Å²) < 4.78 is 5.17. The van der Waals surface area contributed by atoms with Crippen LogP contribution in [0.3, 0.4) is 0 Å². The van der Waals surface area contributed by atoms with Crippen LogP contribution >= 0.6 is 0 Å². The average molecular weight is 182 g/mol. The number of ether oxygens (including phenoxy) is 1. The number of hydrogen-bond acceptors (Lipinski definition) is 3. The number of amides is 1. The summed E-state index contributed by atoms with van der Waals surface area (Å²) in [7, 11) is 1.68. The molecular formula is C9H14N2O2. The van der Waals surface area contributed by atoms with E-state index in [0.717, 1.165) is 19.3 Å². The first kappa shape index (κ1) is 10.0. The summed E-state index contributed by atoms with van der Waals surface area (Å²) in [6.07, 6.45) is 3.04. The molecule has 4 heteroatoms. The number of methoxy groups -OCH3 is 1. The molecule has 72 valence electrons. The van der Waals surface area contributed by atoms with E-state index in [1.807, 2.05) is 6.07 Å². The SMILES string of the molecule is COC1CCC(NC(=O)CC#N)C1. The number of nitrogens with zero attached hydrogens (tertiary/aromatic N) is 1. The van der Waals surface area contributed by atoms with E-state index >= 15 is 0 Å². The van der Waals surface area contributed by atoms with Crippen LogP contribution in [0.1, 0.15) is 25.7 Å². The predicted molar refractivity (Wildman–Crippen MR) is 46.8 cm³/mol. The highest BCUT2D eigenvalue weighted by molar-refractivity contribution is 5.78. The fourth-order valence-electron chi connectivity index (χ4n) is 1.64. The van der Waals surface area contributed by atoms with Crippen LogP contribution in [-0.4, -0.2) is 25.2 Å². The Morgan fingerprint density at radius 1 is 1.69 bits per heavy atom. The summed E-state index contributed by atoms with van der Waals surface area (Å²) in [5, 5.41) is 11.1. The van der Waals surface area contributed by atoms with Crippen molar-refractivity contribution >= 4 is 5.91 Å². The lowest BCUT2D eigenvalue weighted by Crippen LogP contribution is -2.32. The van der Waals surface area contributed by atoms with Gasteiger partial charge in [-0.1, -0.05) is 0 Å². The molecule has 0 aliphatic heterocycles. The van der Waals surface area contributed by atoms with Crippen LogP contribution in [0.15, 0.2) is 0 Å². The zero-order valence-electron chi connectivity index (χ0n) is 7.75. The Morgan fingerprint density at radius 2 is 2.46 bits per heavy atom. The van der Waals surface area contributed by atoms with Crippen molar-refractivity contribution in [2.45, 2.75) is 37.8 Å². The van der Waals surface area contributed by atoms with Crippen molar-refractivity contribution < 1.29 is 9.53 Å². The van der Waals surface area contributed by atoms with Crippen molar-refractivity contribution in [1.29, 1.82) is 5.26 Å². The quantitative estimate of drug-likeness (QED) is 0.694. The standard InChI is InChI=1S/C9H14N2O2/c1-13-8-3-2-7(6-8)11-9(12)4-5-10/h7-8H,2-4,6H2,1H3,(H,11,12). The second-order valence-electron chi connectivity index (χ2n) is 3.27. The monoisotopic (exact) mass is 182 g/mol. The van der Waals surface area contributed by atoms with Crippen molar-refractivity contribution in [2.75, 3.05) is 7.11 Å². The van der Waals surface area contributed by atoms with E-state index in [4.69, 9.17) is 10.00 Å². The minimum atomic E-state index is -0.177. The Hall–Kier alpha value is -1.08. The number of rotatable bonds is 3. The molecule has 1 amide bonds. The zero-order chi connectivity index (χ0) is 9.68. The van der Waals surface area contributed by atoms with Gasteiger partial charge < -0.3 is 10.1 Å². The molecule has 0 bridgehead atoms. The van der Waals surface area contributed by atoms with Crippen molar-refractivity contribution in [3.05, 3.63) is 0 Å². The smallest absolute Gasteiger partial charge is 0.234 e. The second-order valence-corrected chi connectivity index (χ2v) is 3.27. The van der Waals surface area contributed by atoms with Gasteiger partial charge in [-0.15, -0.1) is 0 Å². The molecule has 1 saturated carbocycles. The Kier molecular flexibility index (Phi) is 3.71. The predicted octanol–water partition coefficient (Wildman–Crippen LogP) is 0.584. The summed E-state index contributed by atoms with van der Waals surface area (Å²) >= 11 is 0. The molecular weight excluding hydrogens is 168 g/mol. The van der Waals surface area contributed by atoms with E-state index in [0.29, 0.717) is 0 Å². The minimum Gasteiger partial charge on any atom is -0.381 e. The van der Waals surface area contributed by atoms with Crippen molar-refractivity contribution in [1.82, 2.24) is 5.32 Å². The van der Waals surface area contributed by atoms with Gasteiger partial charge in [0.1, 0.15) is 6.42 Å².